The molecule has 0 fully saturated rings. The summed E-state index contributed by atoms with van der Waals surface area (Å²) < 4.78 is 12.5. The van der Waals surface area contributed by atoms with Gasteiger partial charge in [-0.15, -0.1) is 0 Å². The minimum Gasteiger partial charge on any atom is -0.361 e. The van der Waals surface area contributed by atoms with E-state index in [1.807, 2.05) is 32.4 Å². The molecule has 0 N–H and O–H groups in total. The Morgan fingerprint density at radius 2 is 1.94 bits per heavy atom. The van der Waals surface area contributed by atoms with Crippen molar-refractivity contribution < 1.29 is 4.74 Å². The van der Waals surface area contributed by atoms with Gasteiger partial charge in [0.05, 0.1) is 5.69 Å². The van der Waals surface area contributed by atoms with Crippen LogP contribution in [0.5, 0.6) is 0 Å². The fourth-order valence-electron chi connectivity index (χ4n) is 3.31. The molecule has 10 heteroatoms. The van der Waals surface area contributed by atoms with Crippen molar-refractivity contribution in [2.45, 2.75) is 51.4 Å². The molecule has 0 unspecified atom stereocenters. The molecule has 4 aromatic heterocycles. The van der Waals surface area contributed by atoms with Gasteiger partial charge in [-0.3, -0.25) is 0 Å². The lowest BCUT2D eigenvalue weighted by molar-refractivity contribution is 0.0899. The van der Waals surface area contributed by atoms with Crippen LogP contribution in [0.1, 0.15) is 11.4 Å². The van der Waals surface area contributed by atoms with E-state index in [2.05, 4.69) is 50.8 Å². The number of aryl methyl sites for hydroxylation is 2. The molecule has 168 valence electrons. The normalized spacial score (nSPS) is 12.1. The number of nitrogens with zero attached hydrogens (tertiary/aromatic N) is 6. The Hall–Kier alpha value is -2.14. The molecule has 0 bridgehead atoms. The second-order valence-electron chi connectivity index (χ2n) is 8.96. The third kappa shape index (κ3) is 5.09. The van der Waals surface area contributed by atoms with E-state index >= 15 is 0 Å². The highest BCUT2D eigenvalue weighted by Crippen LogP contribution is 2.33. The third-order valence-corrected chi connectivity index (χ3v) is 8.18. The second-order valence-corrected chi connectivity index (χ2v) is 16.1. The second kappa shape index (κ2) is 9.38. The van der Waals surface area contributed by atoms with Gasteiger partial charge < -0.3 is 9.30 Å². The predicted octanol–water partition coefficient (Wildman–Crippen LogP) is 5.66. The summed E-state index contributed by atoms with van der Waals surface area (Å²) in [7, 11) is -1.15. The molecule has 0 amide bonds. The first kappa shape index (κ1) is 23.0. The maximum absolute atomic E-state index is 6.07. The third-order valence-electron chi connectivity index (χ3n) is 5.08. The molecule has 0 aliphatic heterocycles. The van der Waals surface area contributed by atoms with Crippen LogP contribution in [-0.4, -0.2) is 49.8 Å². The van der Waals surface area contributed by atoms with Gasteiger partial charge in [-0.1, -0.05) is 31.4 Å². The molecular formula is C22H28N6OS2Si. The van der Waals surface area contributed by atoms with E-state index in [-0.39, 0.29) is 0 Å². The van der Waals surface area contributed by atoms with Gasteiger partial charge in [-0.05, 0) is 55.4 Å². The number of ether oxygens (including phenoxy) is 1. The van der Waals surface area contributed by atoms with Crippen molar-refractivity contribution in [3.63, 3.8) is 0 Å². The van der Waals surface area contributed by atoms with Gasteiger partial charge in [-0.25, -0.2) is 19.9 Å². The molecule has 0 aliphatic carbocycles. The van der Waals surface area contributed by atoms with E-state index < -0.39 is 8.07 Å². The summed E-state index contributed by atoms with van der Waals surface area (Å²) in [5, 5.41) is 2.62. The molecule has 4 rings (SSSR count). The first-order valence-corrected chi connectivity index (χ1v) is 16.2. The Labute approximate surface area is 197 Å². The quantitative estimate of drug-likeness (QED) is 0.138. The van der Waals surface area contributed by atoms with E-state index in [0.29, 0.717) is 6.73 Å². The molecule has 7 nitrogen and oxygen atoms in total. The van der Waals surface area contributed by atoms with Gasteiger partial charge in [0.15, 0.2) is 10.2 Å². The molecule has 4 heterocycles. The van der Waals surface area contributed by atoms with Gasteiger partial charge >= 0.3 is 0 Å². The first-order chi connectivity index (χ1) is 15.2. The van der Waals surface area contributed by atoms with Crippen LogP contribution in [0.3, 0.4) is 0 Å². The summed E-state index contributed by atoms with van der Waals surface area (Å²) in [6.07, 6.45) is 5.97. The van der Waals surface area contributed by atoms with Crippen molar-refractivity contribution in [1.82, 2.24) is 28.9 Å². The maximum atomic E-state index is 6.07. The highest BCUT2D eigenvalue weighted by Gasteiger charge is 2.18. The van der Waals surface area contributed by atoms with E-state index in [9.17, 15) is 0 Å². The molecule has 0 aromatic carbocycles. The van der Waals surface area contributed by atoms with Crippen molar-refractivity contribution in [3.05, 3.63) is 35.9 Å². The highest BCUT2D eigenvalue weighted by molar-refractivity contribution is 7.98. The van der Waals surface area contributed by atoms with Crippen LogP contribution in [0.2, 0.25) is 25.7 Å². The van der Waals surface area contributed by atoms with E-state index in [1.54, 1.807) is 11.8 Å². The maximum Gasteiger partial charge on any atom is 0.187 e. The molecule has 4 aromatic rings. The lowest BCUT2D eigenvalue weighted by Crippen LogP contribution is -2.22. The highest BCUT2D eigenvalue weighted by atomic mass is 32.2. The van der Waals surface area contributed by atoms with Gasteiger partial charge in [-0.2, -0.15) is 4.37 Å². The summed E-state index contributed by atoms with van der Waals surface area (Å²) in [6, 6.07) is 5.24. The summed E-state index contributed by atoms with van der Waals surface area (Å²) in [4.78, 5) is 18.7. The minimum atomic E-state index is -1.15. The smallest absolute Gasteiger partial charge is 0.187 e. The van der Waals surface area contributed by atoms with E-state index in [4.69, 9.17) is 14.7 Å². The number of thioether (sulfide) groups is 1. The fraction of sp³-hybridized carbons (Fsp3) is 0.409. The monoisotopic (exact) mass is 484 g/mol. The largest absolute Gasteiger partial charge is 0.361 e. The molecule has 32 heavy (non-hydrogen) atoms. The Balaban J connectivity index is 1.77. The Morgan fingerprint density at radius 1 is 1.12 bits per heavy atom. The molecule has 0 saturated carbocycles. The number of rotatable bonds is 8. The zero-order chi connectivity index (χ0) is 22.9. The number of hydrogen-bond donors (Lipinski definition) is 0. The number of fused-ring (bicyclic) bond motifs is 1. The van der Waals surface area contributed by atoms with Gasteiger partial charge in [0.25, 0.3) is 0 Å². The van der Waals surface area contributed by atoms with Gasteiger partial charge in [0, 0.05) is 38.0 Å². The average molecular weight is 485 g/mol. The topological polar surface area (TPSA) is 78.6 Å². The van der Waals surface area contributed by atoms with Crippen LogP contribution in [0, 0.1) is 13.8 Å². The molecule has 0 atom stereocenters. The SMILES string of the molecule is CSc1ncc(C)c(-c2cn(COCC[Si](C)(C)C)c3nc(-c4nc(C)ns4)ccc23)n1. The average Bonchev–Trinajstić information content (AvgIpc) is 3.34. The Bertz CT molecular complexity index is 1250. The van der Waals surface area contributed by atoms with Crippen LogP contribution in [0.4, 0.5) is 0 Å². The summed E-state index contributed by atoms with van der Waals surface area (Å²) in [6.45, 7) is 12.2. The van der Waals surface area contributed by atoms with Crippen molar-refractivity contribution >= 4 is 42.4 Å². The predicted molar refractivity (Wildman–Crippen MR) is 135 cm³/mol. The molecule has 0 spiro atoms. The standard InChI is InChI=1S/C22H28N6OS2Si/c1-14-11-23-22(30-3)26-19(14)17-12-28(13-29-9-10-32(4,5)6)20-16(17)7-8-18(25-20)21-24-15(2)27-31-21/h7-8,11-12H,9-10,13H2,1-6H3. The summed E-state index contributed by atoms with van der Waals surface area (Å²) in [5.74, 6) is 0.763. The van der Waals surface area contributed by atoms with Gasteiger partial charge in [0.1, 0.15) is 23.9 Å². The van der Waals surface area contributed by atoms with Crippen LogP contribution >= 0.6 is 23.3 Å². The Morgan fingerprint density at radius 3 is 2.62 bits per heavy atom. The van der Waals surface area contributed by atoms with Crippen molar-refractivity contribution in [2.75, 3.05) is 12.9 Å². The van der Waals surface area contributed by atoms with Crippen LogP contribution in [0.15, 0.2) is 29.7 Å². The molecule has 0 saturated heterocycles. The van der Waals surface area contributed by atoms with Crippen LogP contribution in [-0.2, 0) is 11.5 Å². The van der Waals surface area contributed by atoms with Crippen LogP contribution in [0.25, 0.3) is 33.0 Å². The summed E-state index contributed by atoms with van der Waals surface area (Å²) >= 11 is 2.91. The van der Waals surface area contributed by atoms with Crippen molar-refractivity contribution in [1.29, 1.82) is 0 Å². The van der Waals surface area contributed by atoms with Gasteiger partial charge in [0.2, 0.25) is 0 Å². The van der Waals surface area contributed by atoms with Crippen molar-refractivity contribution in [2.24, 2.45) is 0 Å². The Kier molecular flexibility index (Phi) is 6.75. The lowest BCUT2D eigenvalue weighted by atomic mass is 10.1. The first-order valence-electron chi connectivity index (χ1n) is 10.5. The van der Waals surface area contributed by atoms with E-state index in [0.717, 1.165) is 62.2 Å². The van der Waals surface area contributed by atoms with E-state index in [1.165, 1.54) is 11.5 Å². The zero-order valence-electron chi connectivity index (χ0n) is 19.3. The van der Waals surface area contributed by atoms with Crippen LogP contribution < -0.4 is 0 Å². The summed E-state index contributed by atoms with van der Waals surface area (Å²) in [5.41, 5.74) is 4.68. The fourth-order valence-corrected chi connectivity index (χ4v) is 5.05. The number of pyridine rings is 1. The molecule has 0 radical (unpaired) electrons. The molecule has 0 aliphatic rings. The number of hydrogen-bond acceptors (Lipinski definition) is 8. The number of aromatic nitrogens is 6. The lowest BCUT2D eigenvalue weighted by Gasteiger charge is -2.15. The van der Waals surface area contributed by atoms with Crippen molar-refractivity contribution in [3.8, 4) is 22.0 Å². The zero-order valence-corrected chi connectivity index (χ0v) is 22.0. The molecular weight excluding hydrogens is 457 g/mol. The minimum absolute atomic E-state index is 0.450.